The number of nitrogens with zero attached hydrogens (tertiary/aromatic N) is 2. The zero-order valence-electron chi connectivity index (χ0n) is 19.9. The third kappa shape index (κ3) is 16.5. The predicted molar refractivity (Wildman–Crippen MR) is 126 cm³/mol. The van der Waals surface area contributed by atoms with E-state index in [1.165, 1.54) is 11.1 Å². The largest absolute Gasteiger partial charge is 2.00 e. The molecule has 0 atom stereocenters. The van der Waals surface area contributed by atoms with Gasteiger partial charge in [0.2, 0.25) is 0 Å². The van der Waals surface area contributed by atoms with Crippen molar-refractivity contribution in [3.63, 3.8) is 0 Å². The molecular weight excluding hydrogens is 483 g/mol. The molecule has 0 heterocycles. The van der Waals surface area contributed by atoms with Gasteiger partial charge in [-0.15, -0.1) is 0 Å². The van der Waals surface area contributed by atoms with Gasteiger partial charge in [0.25, 0.3) is 0 Å². The van der Waals surface area contributed by atoms with Crippen LogP contribution in [0.4, 0.5) is 0 Å². The molecule has 0 fully saturated rings. The van der Waals surface area contributed by atoms with Crippen LogP contribution in [0.1, 0.15) is 56.4 Å². The molecule has 0 saturated heterocycles. The van der Waals surface area contributed by atoms with Crippen molar-refractivity contribution in [1.82, 2.24) is 0 Å². The standard InChI is InChI=1S/C21H26N2O2.2C2H4O2.Co/c1-3-16-6-8-20(24)18(12-16)14-22-10-5-11-23-15-19-13-17(4-2)7-9-21(19)25;2*1-2(3)4;/h6-9,12-15,24-25H,3-5,10-11H2,1-2H3;2*1H3,(H,3,4);/q;;;+2/p-2. The van der Waals surface area contributed by atoms with Crippen molar-refractivity contribution in [3.8, 4) is 11.5 Å². The Morgan fingerprint density at radius 1 is 0.794 bits per heavy atom. The smallest absolute Gasteiger partial charge is 0.550 e. The fraction of sp³-hybridized carbons (Fsp3) is 0.360. The average molecular weight is 515 g/mol. The molecule has 0 aliphatic heterocycles. The number of aromatic hydroxyl groups is 2. The van der Waals surface area contributed by atoms with Crippen LogP contribution in [-0.2, 0) is 39.2 Å². The Hall–Kier alpha value is -3.17. The number of rotatable bonds is 8. The van der Waals surface area contributed by atoms with E-state index in [-0.39, 0.29) is 28.3 Å². The van der Waals surface area contributed by atoms with Crippen LogP contribution < -0.4 is 10.2 Å². The van der Waals surface area contributed by atoms with Gasteiger partial charge in [-0.1, -0.05) is 26.0 Å². The van der Waals surface area contributed by atoms with Crippen molar-refractivity contribution in [2.45, 2.75) is 47.0 Å². The number of carbonyl (C=O) groups is 2. The van der Waals surface area contributed by atoms with Crippen molar-refractivity contribution in [2.24, 2.45) is 9.98 Å². The molecule has 0 unspecified atom stereocenters. The number of aryl methyl sites for hydroxylation is 2. The summed E-state index contributed by atoms with van der Waals surface area (Å²) in [5.41, 5.74) is 3.87. The number of hydrogen-bond acceptors (Lipinski definition) is 8. The van der Waals surface area contributed by atoms with E-state index in [0.717, 1.165) is 44.2 Å². The van der Waals surface area contributed by atoms with E-state index >= 15 is 0 Å². The van der Waals surface area contributed by atoms with Crippen molar-refractivity contribution in [2.75, 3.05) is 13.1 Å². The molecule has 8 nitrogen and oxygen atoms in total. The van der Waals surface area contributed by atoms with Gasteiger partial charge < -0.3 is 30.0 Å². The van der Waals surface area contributed by atoms with Crippen LogP contribution in [-0.4, -0.2) is 47.7 Å². The third-order valence-electron chi connectivity index (χ3n) is 4.04. The van der Waals surface area contributed by atoms with Crippen LogP contribution in [0.2, 0.25) is 0 Å². The Morgan fingerprint density at radius 2 is 1.12 bits per heavy atom. The Morgan fingerprint density at radius 3 is 1.41 bits per heavy atom. The molecule has 187 valence electrons. The first-order chi connectivity index (χ1) is 15.6. The van der Waals surface area contributed by atoms with Gasteiger partial charge in [0.05, 0.1) is 0 Å². The maximum absolute atomic E-state index is 9.83. The molecular formula is C25H32CoN2O6. The zero-order valence-corrected chi connectivity index (χ0v) is 21.0. The molecule has 2 N–H and O–H groups in total. The minimum atomic E-state index is -1.08. The van der Waals surface area contributed by atoms with E-state index in [2.05, 4.69) is 23.8 Å². The maximum Gasteiger partial charge on any atom is 2.00 e. The summed E-state index contributed by atoms with van der Waals surface area (Å²) in [6.07, 6.45) is 6.11. The topological polar surface area (TPSA) is 145 Å². The summed E-state index contributed by atoms with van der Waals surface area (Å²) < 4.78 is 0. The summed E-state index contributed by atoms with van der Waals surface area (Å²) in [6.45, 7) is 7.40. The summed E-state index contributed by atoms with van der Waals surface area (Å²) in [7, 11) is 0. The monoisotopic (exact) mass is 515 g/mol. The summed E-state index contributed by atoms with van der Waals surface area (Å²) in [5.74, 6) is -1.66. The first-order valence-corrected chi connectivity index (χ1v) is 10.6. The quantitative estimate of drug-likeness (QED) is 0.404. The molecule has 1 radical (unpaired) electrons. The number of phenolic OH excluding ortho intramolecular Hbond substituents is 2. The van der Waals surface area contributed by atoms with Crippen LogP contribution in [0, 0.1) is 0 Å². The van der Waals surface area contributed by atoms with Crippen molar-refractivity contribution in [1.29, 1.82) is 0 Å². The van der Waals surface area contributed by atoms with Crippen LogP contribution >= 0.6 is 0 Å². The summed E-state index contributed by atoms with van der Waals surface area (Å²) in [6, 6.07) is 11.2. The van der Waals surface area contributed by atoms with E-state index in [9.17, 15) is 10.2 Å². The second kappa shape index (κ2) is 19.3. The average Bonchev–Trinajstić information content (AvgIpc) is 2.74. The van der Waals surface area contributed by atoms with Crippen molar-refractivity contribution in [3.05, 3.63) is 58.7 Å². The maximum atomic E-state index is 9.83. The third-order valence-corrected chi connectivity index (χ3v) is 4.04. The summed E-state index contributed by atoms with van der Waals surface area (Å²) in [4.78, 5) is 26.5. The normalized spacial score (nSPS) is 10.0. The molecule has 0 aliphatic rings. The van der Waals surface area contributed by atoms with Gasteiger partial charge in [0.1, 0.15) is 11.5 Å². The van der Waals surface area contributed by atoms with Gasteiger partial charge in [-0.05, 0) is 68.5 Å². The summed E-state index contributed by atoms with van der Waals surface area (Å²) >= 11 is 0. The molecule has 0 saturated carbocycles. The first kappa shape index (κ1) is 33.0. The van der Waals surface area contributed by atoms with Crippen LogP contribution in [0.5, 0.6) is 11.5 Å². The molecule has 2 aromatic rings. The molecule has 0 amide bonds. The van der Waals surface area contributed by atoms with Gasteiger partial charge in [-0.3, -0.25) is 9.98 Å². The van der Waals surface area contributed by atoms with Gasteiger partial charge in [-0.25, -0.2) is 0 Å². The predicted octanol–water partition coefficient (Wildman–Crippen LogP) is 1.66. The van der Waals surface area contributed by atoms with Gasteiger partial charge in [0, 0.05) is 48.6 Å². The van der Waals surface area contributed by atoms with Crippen LogP contribution in [0.3, 0.4) is 0 Å². The number of aliphatic imine (C=N–C) groups is 2. The number of hydrogen-bond donors (Lipinski definition) is 2. The Bertz CT molecular complexity index is 861. The van der Waals surface area contributed by atoms with E-state index in [0.29, 0.717) is 13.1 Å². The molecule has 0 bridgehead atoms. The Labute approximate surface area is 211 Å². The van der Waals surface area contributed by atoms with Crippen LogP contribution in [0.25, 0.3) is 0 Å². The number of carboxylic acids is 2. The number of carbonyl (C=O) groups excluding carboxylic acids is 2. The zero-order chi connectivity index (χ0) is 25.2. The molecule has 34 heavy (non-hydrogen) atoms. The van der Waals surface area contributed by atoms with Crippen LogP contribution in [0.15, 0.2) is 46.4 Å². The number of phenols is 2. The second-order valence-electron chi connectivity index (χ2n) is 6.90. The minimum Gasteiger partial charge on any atom is -0.550 e. The number of carboxylic acid groups (broad SMARTS) is 2. The number of aliphatic carboxylic acids is 2. The fourth-order valence-corrected chi connectivity index (χ4v) is 2.43. The molecule has 0 spiro atoms. The van der Waals surface area contributed by atoms with E-state index in [1.807, 2.05) is 24.3 Å². The van der Waals surface area contributed by atoms with Gasteiger partial charge in [-0.2, -0.15) is 0 Å². The minimum absolute atomic E-state index is 0. The summed E-state index contributed by atoms with van der Waals surface area (Å²) in [5, 5.41) is 37.4. The number of benzene rings is 2. The van der Waals surface area contributed by atoms with E-state index < -0.39 is 11.9 Å². The van der Waals surface area contributed by atoms with Gasteiger partial charge >= 0.3 is 16.8 Å². The van der Waals surface area contributed by atoms with Crippen molar-refractivity contribution < 1.29 is 46.8 Å². The molecule has 2 aromatic carbocycles. The second-order valence-corrected chi connectivity index (χ2v) is 6.90. The Kier molecular flexibility index (Phi) is 18.7. The molecule has 0 aromatic heterocycles. The van der Waals surface area contributed by atoms with E-state index in [4.69, 9.17) is 19.8 Å². The first-order valence-electron chi connectivity index (χ1n) is 10.6. The van der Waals surface area contributed by atoms with Gasteiger partial charge in [0.15, 0.2) is 0 Å². The fourth-order valence-electron chi connectivity index (χ4n) is 2.43. The molecule has 2 rings (SSSR count). The molecule has 0 aliphatic carbocycles. The van der Waals surface area contributed by atoms with E-state index in [1.54, 1.807) is 24.6 Å². The SMILES string of the molecule is CC(=O)[O-].CC(=O)[O-].CCc1ccc(O)c(C=NCCCN=Cc2cc(CC)ccc2O)c1.[Co+2]. The molecule has 9 heteroatoms. The Balaban J connectivity index is 0. The van der Waals surface area contributed by atoms with Crippen molar-refractivity contribution >= 4 is 24.4 Å².